The molecule has 10 rings (SSSR count). The van der Waals surface area contributed by atoms with Crippen LogP contribution in [-0.4, -0.2) is 122 Å². The average Bonchev–Trinajstić information content (AvgIpc) is 3.82. The molecule has 3 N–H and O–H groups in total. The zero-order valence-electron chi connectivity index (χ0n) is 35.2. The van der Waals surface area contributed by atoms with E-state index in [1.54, 1.807) is 24.5 Å². The lowest BCUT2D eigenvalue weighted by Gasteiger charge is -2.40. The number of nitrogens with zero attached hydrogens (tertiary/aromatic N) is 9. The van der Waals surface area contributed by atoms with E-state index in [0.29, 0.717) is 35.1 Å². The van der Waals surface area contributed by atoms with Crippen molar-refractivity contribution in [3.63, 3.8) is 0 Å². The topological polar surface area (TPSA) is 191 Å². The SMILES string of the molecule is Cc1cccc(C(=O)NC2CC(n3cnc4c(NCc5cccc(N6CCN(CC7CCN(c8cccc9c8C(=O)N([C@H]8CCC(=O)NC8=O)C9=O)CC7)CC6)c5)ncnc43)C2)n1. The van der Waals surface area contributed by atoms with Crippen molar-refractivity contribution in [1.82, 2.24) is 44.9 Å². The number of pyridine rings is 1. The van der Waals surface area contributed by atoms with Crippen molar-refractivity contribution >= 4 is 57.9 Å². The maximum absolute atomic E-state index is 13.7. The number of hydrogen-bond acceptors (Lipinski definition) is 13. The molecule has 0 unspecified atom stereocenters. The number of aryl methyl sites for hydroxylation is 1. The number of piperazine rings is 1. The minimum atomic E-state index is -0.977. The molecule has 1 saturated carbocycles. The fourth-order valence-corrected chi connectivity index (χ4v) is 9.83. The molecule has 17 heteroatoms. The lowest BCUT2D eigenvalue weighted by molar-refractivity contribution is -0.136. The van der Waals surface area contributed by atoms with Crippen molar-refractivity contribution in [3.05, 3.63) is 101 Å². The second kappa shape index (κ2) is 16.8. The van der Waals surface area contributed by atoms with E-state index >= 15 is 0 Å². The minimum absolute atomic E-state index is 0.0676. The fraction of sp³-hybridized carbons (Fsp3) is 0.413. The molecule has 4 fully saturated rings. The van der Waals surface area contributed by atoms with E-state index in [0.717, 1.165) is 105 Å². The third-order valence-corrected chi connectivity index (χ3v) is 13.3. The van der Waals surface area contributed by atoms with Crippen LogP contribution in [0.25, 0.3) is 11.2 Å². The van der Waals surface area contributed by atoms with Crippen LogP contribution in [0.3, 0.4) is 0 Å². The number of nitrogens with one attached hydrogen (secondary N) is 3. The minimum Gasteiger partial charge on any atom is -0.371 e. The van der Waals surface area contributed by atoms with Gasteiger partial charge < -0.3 is 25.0 Å². The van der Waals surface area contributed by atoms with Crippen LogP contribution in [-0.2, 0) is 16.1 Å². The van der Waals surface area contributed by atoms with Crippen LogP contribution in [0.15, 0.2) is 73.3 Å². The van der Waals surface area contributed by atoms with Gasteiger partial charge in [0.2, 0.25) is 11.8 Å². The van der Waals surface area contributed by atoms with E-state index in [9.17, 15) is 24.0 Å². The van der Waals surface area contributed by atoms with E-state index in [1.807, 2.05) is 31.5 Å². The van der Waals surface area contributed by atoms with Gasteiger partial charge in [-0.05, 0) is 86.9 Å². The Morgan fingerprint density at radius 1 is 0.841 bits per heavy atom. The highest BCUT2D eigenvalue weighted by molar-refractivity contribution is 6.25. The number of imide groups is 2. The third-order valence-electron chi connectivity index (χ3n) is 13.3. The van der Waals surface area contributed by atoms with Gasteiger partial charge in [-0.2, -0.15) is 0 Å². The lowest BCUT2D eigenvalue weighted by Crippen LogP contribution is -2.54. The van der Waals surface area contributed by atoms with Gasteiger partial charge in [0.1, 0.15) is 23.6 Å². The van der Waals surface area contributed by atoms with Crippen molar-refractivity contribution < 1.29 is 24.0 Å². The van der Waals surface area contributed by atoms with Gasteiger partial charge in [0, 0.05) is 82.2 Å². The molecule has 0 bridgehead atoms. The molecule has 5 amide bonds. The number of benzene rings is 2. The third kappa shape index (κ3) is 7.96. The van der Waals surface area contributed by atoms with Gasteiger partial charge in [0.05, 0.1) is 23.1 Å². The molecule has 63 heavy (non-hydrogen) atoms. The maximum Gasteiger partial charge on any atom is 0.270 e. The van der Waals surface area contributed by atoms with Gasteiger partial charge in [-0.1, -0.05) is 24.3 Å². The number of imidazole rings is 1. The monoisotopic (exact) mass is 850 g/mol. The maximum atomic E-state index is 13.7. The van der Waals surface area contributed by atoms with Gasteiger partial charge in [-0.3, -0.25) is 39.1 Å². The van der Waals surface area contributed by atoms with Crippen LogP contribution in [0, 0.1) is 12.8 Å². The van der Waals surface area contributed by atoms with Crippen molar-refractivity contribution in [2.75, 3.05) is 60.9 Å². The van der Waals surface area contributed by atoms with Gasteiger partial charge in [0.15, 0.2) is 11.5 Å². The summed E-state index contributed by atoms with van der Waals surface area (Å²) in [5.41, 5.74) is 6.51. The Morgan fingerprint density at radius 2 is 1.63 bits per heavy atom. The van der Waals surface area contributed by atoms with E-state index in [-0.39, 0.29) is 36.7 Å². The molecule has 0 spiro atoms. The fourth-order valence-electron chi connectivity index (χ4n) is 9.83. The van der Waals surface area contributed by atoms with E-state index < -0.39 is 23.8 Å². The largest absolute Gasteiger partial charge is 0.371 e. The van der Waals surface area contributed by atoms with E-state index in [2.05, 4.69) is 74.4 Å². The molecule has 0 radical (unpaired) electrons. The number of carbonyl (C=O) groups is 5. The van der Waals surface area contributed by atoms with Crippen molar-refractivity contribution in [3.8, 4) is 0 Å². The summed E-state index contributed by atoms with van der Waals surface area (Å²) in [6, 6.07) is 18.7. The summed E-state index contributed by atoms with van der Waals surface area (Å²) in [5.74, 6) is -0.860. The van der Waals surface area contributed by atoms with Gasteiger partial charge in [0.25, 0.3) is 17.7 Å². The number of anilines is 3. The molecule has 324 valence electrons. The summed E-state index contributed by atoms with van der Waals surface area (Å²) in [4.78, 5) is 90.5. The second-order valence-electron chi connectivity index (χ2n) is 17.4. The van der Waals surface area contributed by atoms with Gasteiger partial charge in [-0.25, -0.2) is 19.9 Å². The quantitative estimate of drug-likeness (QED) is 0.163. The molecule has 3 saturated heterocycles. The molecular formula is C46H50N12O5. The summed E-state index contributed by atoms with van der Waals surface area (Å²) in [6.45, 7) is 8.86. The molecule has 2 aromatic carbocycles. The molecule has 5 aliphatic rings. The Kier molecular flexibility index (Phi) is 10.8. The molecule has 1 aliphatic carbocycles. The predicted molar refractivity (Wildman–Crippen MR) is 234 cm³/mol. The van der Waals surface area contributed by atoms with Crippen LogP contribution in [0.4, 0.5) is 17.2 Å². The first-order valence-corrected chi connectivity index (χ1v) is 22.0. The number of piperidine rings is 2. The van der Waals surface area contributed by atoms with Crippen LogP contribution < -0.4 is 25.8 Å². The number of rotatable bonds is 11. The van der Waals surface area contributed by atoms with Crippen molar-refractivity contribution in [2.45, 2.75) is 70.1 Å². The Labute approximate surface area is 364 Å². The highest BCUT2D eigenvalue weighted by Gasteiger charge is 2.46. The molecule has 4 aliphatic heterocycles. The zero-order chi connectivity index (χ0) is 43.2. The standard InChI is InChI=1S/C46H50N12O5/c1-28-5-2-9-35(51-28)43(60)52-31-22-33(23-31)57-27-50-40-41(48-26-49-42(40)57)47-24-30-6-3-7-32(21-30)55-19-17-54(18-20-55)25-29-13-15-56(16-14-29)36-10-4-8-34-39(36)46(63)58(45(34)62)37-11-12-38(59)53-44(37)61/h2-10,21,26-27,29,31,33,37H,11-20,22-25H2,1H3,(H,52,60)(H,47,48,49)(H,53,59,61)/t31?,33?,37-/m0/s1. The van der Waals surface area contributed by atoms with Gasteiger partial charge >= 0.3 is 0 Å². The predicted octanol–water partition coefficient (Wildman–Crippen LogP) is 3.72. The molecule has 5 aromatic rings. The highest BCUT2D eigenvalue weighted by Crippen LogP contribution is 2.37. The summed E-state index contributed by atoms with van der Waals surface area (Å²) < 4.78 is 2.09. The molecular weight excluding hydrogens is 801 g/mol. The number of carbonyl (C=O) groups excluding carboxylic acids is 5. The Morgan fingerprint density at radius 3 is 2.43 bits per heavy atom. The Bertz CT molecular complexity index is 2610. The van der Waals surface area contributed by atoms with Crippen LogP contribution in [0.2, 0.25) is 0 Å². The van der Waals surface area contributed by atoms with Crippen molar-refractivity contribution in [2.24, 2.45) is 5.92 Å². The summed E-state index contributed by atoms with van der Waals surface area (Å²) in [5, 5.41) is 8.88. The summed E-state index contributed by atoms with van der Waals surface area (Å²) in [7, 11) is 0. The number of hydrogen-bond donors (Lipinski definition) is 3. The summed E-state index contributed by atoms with van der Waals surface area (Å²) in [6.07, 6.45) is 7.16. The first kappa shape index (κ1) is 40.3. The molecule has 17 nitrogen and oxygen atoms in total. The van der Waals surface area contributed by atoms with E-state index in [1.165, 1.54) is 5.69 Å². The van der Waals surface area contributed by atoms with Crippen LogP contribution >= 0.6 is 0 Å². The second-order valence-corrected chi connectivity index (χ2v) is 17.4. The number of fused-ring (bicyclic) bond motifs is 2. The highest BCUT2D eigenvalue weighted by atomic mass is 16.2. The average molecular weight is 851 g/mol. The molecule has 3 aromatic heterocycles. The summed E-state index contributed by atoms with van der Waals surface area (Å²) >= 11 is 0. The normalized spacial score (nSPS) is 22.0. The number of amides is 5. The van der Waals surface area contributed by atoms with Crippen LogP contribution in [0.1, 0.15) is 87.0 Å². The first-order valence-electron chi connectivity index (χ1n) is 22.0. The van der Waals surface area contributed by atoms with Crippen LogP contribution in [0.5, 0.6) is 0 Å². The van der Waals surface area contributed by atoms with Crippen molar-refractivity contribution in [1.29, 1.82) is 0 Å². The number of aromatic nitrogens is 5. The Hall–Kier alpha value is -6.75. The molecule has 1 atom stereocenters. The molecule has 7 heterocycles. The Balaban J connectivity index is 0.692. The smallest absolute Gasteiger partial charge is 0.270 e. The first-order chi connectivity index (χ1) is 30.7. The van der Waals surface area contributed by atoms with Gasteiger partial charge in [-0.15, -0.1) is 0 Å². The zero-order valence-corrected chi connectivity index (χ0v) is 35.2. The van der Waals surface area contributed by atoms with E-state index in [4.69, 9.17) is 4.98 Å². The lowest BCUT2D eigenvalue weighted by atomic mass is 9.86.